The first-order valence-corrected chi connectivity index (χ1v) is 4.74. The summed E-state index contributed by atoms with van der Waals surface area (Å²) in [6, 6.07) is 6.68. The Balaban J connectivity index is 2.37. The maximum absolute atomic E-state index is 12.8. The number of hydrogen-bond donors (Lipinski definition) is 1. The van der Waals surface area contributed by atoms with E-state index in [-0.39, 0.29) is 11.9 Å². The number of halogens is 1. The molecule has 0 unspecified atom stereocenters. The van der Waals surface area contributed by atoms with Crippen LogP contribution in [0, 0.1) is 17.1 Å². The minimum Gasteiger partial charge on any atom is -0.310 e. The topological polar surface area (TPSA) is 35.8 Å². The fraction of sp³-hybridized carbons (Fsp3) is 0.364. The molecule has 1 atom stereocenters. The summed E-state index contributed by atoms with van der Waals surface area (Å²) in [6.07, 6.45) is 2.15. The number of nitriles is 1. The molecule has 1 aliphatic rings. The lowest BCUT2D eigenvalue weighted by Crippen LogP contribution is -2.14. The van der Waals surface area contributed by atoms with Crippen molar-refractivity contribution < 1.29 is 4.39 Å². The van der Waals surface area contributed by atoms with Crippen molar-refractivity contribution in [2.75, 3.05) is 6.54 Å². The summed E-state index contributed by atoms with van der Waals surface area (Å²) in [5.74, 6) is -0.344. The van der Waals surface area contributed by atoms with Crippen LogP contribution in [0.1, 0.15) is 30.0 Å². The molecule has 3 heteroatoms. The Morgan fingerprint density at radius 3 is 3.00 bits per heavy atom. The van der Waals surface area contributed by atoms with Crippen LogP contribution in [-0.4, -0.2) is 6.54 Å². The van der Waals surface area contributed by atoms with Crippen molar-refractivity contribution in [3.8, 4) is 6.07 Å². The summed E-state index contributed by atoms with van der Waals surface area (Å²) < 4.78 is 12.8. The second kappa shape index (κ2) is 3.77. The molecule has 1 fully saturated rings. The van der Waals surface area contributed by atoms with Crippen molar-refractivity contribution in [3.63, 3.8) is 0 Å². The predicted molar refractivity (Wildman–Crippen MR) is 51.1 cm³/mol. The zero-order chi connectivity index (χ0) is 9.97. The van der Waals surface area contributed by atoms with Crippen LogP contribution in [0.15, 0.2) is 18.2 Å². The molecule has 2 nitrogen and oxygen atoms in total. The molecule has 14 heavy (non-hydrogen) atoms. The van der Waals surface area contributed by atoms with Gasteiger partial charge in [-0.2, -0.15) is 5.26 Å². The van der Waals surface area contributed by atoms with E-state index in [0.717, 1.165) is 24.9 Å². The number of benzene rings is 1. The summed E-state index contributed by atoms with van der Waals surface area (Å²) >= 11 is 0. The highest BCUT2D eigenvalue weighted by molar-refractivity contribution is 5.40. The van der Waals surface area contributed by atoms with Gasteiger partial charge in [0.15, 0.2) is 0 Å². The largest absolute Gasteiger partial charge is 0.310 e. The molecule has 1 N–H and O–H groups in total. The van der Waals surface area contributed by atoms with Gasteiger partial charge >= 0.3 is 0 Å². The molecule has 1 heterocycles. The Hall–Kier alpha value is -1.40. The van der Waals surface area contributed by atoms with Gasteiger partial charge in [0.2, 0.25) is 0 Å². The van der Waals surface area contributed by atoms with Gasteiger partial charge in [-0.25, -0.2) is 4.39 Å². The van der Waals surface area contributed by atoms with Crippen LogP contribution in [0.4, 0.5) is 4.39 Å². The van der Waals surface area contributed by atoms with Gasteiger partial charge in [-0.3, -0.25) is 0 Å². The molecule has 72 valence electrons. The van der Waals surface area contributed by atoms with E-state index >= 15 is 0 Å². The van der Waals surface area contributed by atoms with E-state index in [1.165, 1.54) is 12.1 Å². The fourth-order valence-corrected chi connectivity index (χ4v) is 1.88. The number of hydrogen-bond acceptors (Lipinski definition) is 2. The first-order valence-electron chi connectivity index (χ1n) is 4.74. The fourth-order valence-electron chi connectivity index (χ4n) is 1.88. The first kappa shape index (κ1) is 9.17. The molecule has 0 radical (unpaired) electrons. The normalized spacial score (nSPS) is 20.7. The summed E-state index contributed by atoms with van der Waals surface area (Å²) in [4.78, 5) is 0. The van der Waals surface area contributed by atoms with E-state index < -0.39 is 0 Å². The second-order valence-corrected chi connectivity index (χ2v) is 3.49. The van der Waals surface area contributed by atoms with E-state index in [1.807, 2.05) is 6.07 Å². The van der Waals surface area contributed by atoms with Gasteiger partial charge in [-0.1, -0.05) is 6.07 Å². The summed E-state index contributed by atoms with van der Waals surface area (Å²) in [7, 11) is 0. The maximum atomic E-state index is 12.8. The van der Waals surface area contributed by atoms with E-state index in [0.29, 0.717) is 5.56 Å². The molecule has 2 rings (SSSR count). The van der Waals surface area contributed by atoms with Crippen molar-refractivity contribution in [1.29, 1.82) is 5.26 Å². The third-order valence-corrected chi connectivity index (χ3v) is 2.57. The smallest absolute Gasteiger partial charge is 0.124 e. The minimum absolute atomic E-state index is 0.227. The predicted octanol–water partition coefficient (Wildman–Crippen LogP) is 2.12. The van der Waals surface area contributed by atoms with Crippen molar-refractivity contribution in [2.24, 2.45) is 0 Å². The third-order valence-electron chi connectivity index (χ3n) is 2.57. The van der Waals surface area contributed by atoms with Crippen LogP contribution in [0.3, 0.4) is 0 Å². The lowest BCUT2D eigenvalue weighted by atomic mass is 10.00. The van der Waals surface area contributed by atoms with E-state index in [1.54, 1.807) is 6.07 Å². The quantitative estimate of drug-likeness (QED) is 0.736. The van der Waals surface area contributed by atoms with Crippen LogP contribution in [0.25, 0.3) is 0 Å². The van der Waals surface area contributed by atoms with Crippen LogP contribution in [0.2, 0.25) is 0 Å². The van der Waals surface area contributed by atoms with E-state index in [4.69, 9.17) is 5.26 Å². The summed E-state index contributed by atoms with van der Waals surface area (Å²) in [5.41, 5.74) is 1.37. The molecule has 1 aromatic rings. The number of nitrogens with one attached hydrogen (secondary N) is 1. The molecule has 0 spiro atoms. The molecular formula is C11H11FN2. The second-order valence-electron chi connectivity index (χ2n) is 3.49. The van der Waals surface area contributed by atoms with Crippen LogP contribution in [0.5, 0.6) is 0 Å². The highest BCUT2D eigenvalue weighted by Gasteiger charge is 2.19. The van der Waals surface area contributed by atoms with Crippen molar-refractivity contribution in [3.05, 3.63) is 35.1 Å². The van der Waals surface area contributed by atoms with Gasteiger partial charge in [-0.05, 0) is 37.1 Å². The van der Waals surface area contributed by atoms with Crippen LogP contribution < -0.4 is 5.32 Å². The first-order chi connectivity index (χ1) is 6.81. The third kappa shape index (κ3) is 1.61. The average molecular weight is 190 g/mol. The van der Waals surface area contributed by atoms with Gasteiger partial charge < -0.3 is 5.32 Å². The van der Waals surface area contributed by atoms with E-state index in [9.17, 15) is 4.39 Å². The Labute approximate surface area is 82.4 Å². The Bertz CT molecular complexity index is 375. The van der Waals surface area contributed by atoms with Gasteiger partial charge in [0, 0.05) is 6.04 Å². The lowest BCUT2D eigenvalue weighted by Gasteiger charge is -2.11. The molecule has 1 saturated heterocycles. The van der Waals surface area contributed by atoms with Gasteiger partial charge in [-0.15, -0.1) is 0 Å². The molecule has 1 aromatic carbocycles. The van der Waals surface area contributed by atoms with Crippen LogP contribution >= 0.6 is 0 Å². The number of nitrogens with zero attached hydrogens (tertiary/aromatic N) is 1. The summed E-state index contributed by atoms with van der Waals surface area (Å²) in [6.45, 7) is 0.979. The summed E-state index contributed by atoms with van der Waals surface area (Å²) in [5, 5.41) is 12.2. The molecular weight excluding hydrogens is 179 g/mol. The van der Waals surface area contributed by atoms with Crippen molar-refractivity contribution >= 4 is 0 Å². The number of rotatable bonds is 1. The van der Waals surface area contributed by atoms with Gasteiger partial charge in [0.1, 0.15) is 5.82 Å². The Morgan fingerprint density at radius 2 is 2.36 bits per heavy atom. The van der Waals surface area contributed by atoms with Crippen molar-refractivity contribution in [2.45, 2.75) is 18.9 Å². The van der Waals surface area contributed by atoms with E-state index in [2.05, 4.69) is 5.32 Å². The molecule has 0 saturated carbocycles. The van der Waals surface area contributed by atoms with Gasteiger partial charge in [0.05, 0.1) is 11.6 Å². The maximum Gasteiger partial charge on any atom is 0.124 e. The van der Waals surface area contributed by atoms with Gasteiger partial charge in [0.25, 0.3) is 0 Å². The lowest BCUT2D eigenvalue weighted by molar-refractivity contribution is 0.616. The Morgan fingerprint density at radius 1 is 1.50 bits per heavy atom. The molecule has 0 bridgehead atoms. The van der Waals surface area contributed by atoms with Crippen LogP contribution in [-0.2, 0) is 0 Å². The van der Waals surface area contributed by atoms with Crippen molar-refractivity contribution in [1.82, 2.24) is 5.32 Å². The standard InChI is InChI=1S/C11H11FN2/c12-9-3-4-10(8(6-9)7-13)11-2-1-5-14-11/h3-4,6,11,14H,1-2,5H2/t11-/m1/s1. The molecule has 1 aliphatic heterocycles. The minimum atomic E-state index is -0.344. The average Bonchev–Trinajstić information content (AvgIpc) is 2.70. The zero-order valence-corrected chi connectivity index (χ0v) is 7.76. The monoisotopic (exact) mass is 190 g/mol. The molecule has 0 aromatic heterocycles. The molecule has 0 aliphatic carbocycles. The SMILES string of the molecule is N#Cc1cc(F)ccc1[C@H]1CCCN1. The Kier molecular flexibility index (Phi) is 2.47. The highest BCUT2D eigenvalue weighted by atomic mass is 19.1. The highest BCUT2D eigenvalue weighted by Crippen LogP contribution is 2.25. The molecule has 0 amide bonds. The zero-order valence-electron chi connectivity index (χ0n) is 7.76.